The van der Waals surface area contributed by atoms with Gasteiger partial charge in [0.1, 0.15) is 17.0 Å². The van der Waals surface area contributed by atoms with Crippen LogP contribution in [-0.2, 0) is 19.4 Å². The molecule has 0 aliphatic carbocycles. The molecule has 0 N–H and O–H groups in total. The maximum Gasteiger partial charge on any atom is 0.200 e. The van der Waals surface area contributed by atoms with Gasteiger partial charge in [-0.1, -0.05) is 62.0 Å². The first-order valence-electron chi connectivity index (χ1n) is 8.63. The second kappa shape index (κ2) is 7.56. The number of unbranched alkanes of at least 4 members (excludes halogenated alkanes) is 1. The molecule has 134 valence electrons. The maximum absolute atomic E-state index is 6.42. The first-order chi connectivity index (χ1) is 12.0. The smallest absolute Gasteiger partial charge is 0.200 e. The largest absolute Gasteiger partial charge is 0.325 e. The van der Waals surface area contributed by atoms with Crippen LogP contribution in [0.15, 0.2) is 12.1 Å². The minimum absolute atomic E-state index is 0.480. The summed E-state index contributed by atoms with van der Waals surface area (Å²) >= 11 is 18.9. The molecule has 3 aromatic rings. The van der Waals surface area contributed by atoms with Gasteiger partial charge in [0, 0.05) is 18.0 Å². The van der Waals surface area contributed by atoms with E-state index in [9.17, 15) is 0 Å². The van der Waals surface area contributed by atoms with Gasteiger partial charge < -0.3 is 4.57 Å². The molecule has 0 bridgehead atoms. The molecule has 0 unspecified atom stereocenters. The van der Waals surface area contributed by atoms with Crippen molar-refractivity contribution in [2.24, 2.45) is 0 Å². The lowest BCUT2D eigenvalue weighted by molar-refractivity contribution is 0.616. The summed E-state index contributed by atoms with van der Waals surface area (Å²) in [6, 6.07) is 3.37. The van der Waals surface area contributed by atoms with Gasteiger partial charge >= 0.3 is 0 Å². The van der Waals surface area contributed by atoms with Gasteiger partial charge in [0.15, 0.2) is 5.65 Å². The lowest BCUT2D eigenvalue weighted by atomic mass is 10.2. The summed E-state index contributed by atoms with van der Waals surface area (Å²) in [7, 11) is 0. The summed E-state index contributed by atoms with van der Waals surface area (Å²) in [5.74, 6) is 1.07. The van der Waals surface area contributed by atoms with Crippen molar-refractivity contribution < 1.29 is 0 Å². The average molecular weight is 400 g/mol. The highest BCUT2D eigenvalue weighted by molar-refractivity contribution is 6.40. The zero-order valence-corrected chi connectivity index (χ0v) is 16.9. The number of imidazole rings is 1. The normalized spacial score (nSPS) is 11.6. The molecule has 0 aliphatic heterocycles. The summed E-state index contributed by atoms with van der Waals surface area (Å²) in [5.41, 5.74) is 3.54. The standard InChI is InChI=1S/C18H21Cl3N4/c1-4-7-8-24-15(6-3)22-18-17(24)14(5-2)25(23-18)16-12(20)9-11(19)10-13(16)21/h9-10H,4-8H2,1-3H3. The molecule has 0 amide bonds. The molecule has 0 saturated carbocycles. The number of rotatable bonds is 6. The van der Waals surface area contributed by atoms with E-state index in [0.29, 0.717) is 20.8 Å². The van der Waals surface area contributed by atoms with E-state index in [1.807, 2.05) is 4.68 Å². The summed E-state index contributed by atoms with van der Waals surface area (Å²) in [6.07, 6.45) is 3.92. The lowest BCUT2D eigenvalue weighted by Gasteiger charge is -2.13. The van der Waals surface area contributed by atoms with Gasteiger partial charge in [-0.05, 0) is 25.0 Å². The number of aromatic nitrogens is 4. The molecule has 25 heavy (non-hydrogen) atoms. The quantitative estimate of drug-likeness (QED) is 0.501. The van der Waals surface area contributed by atoms with E-state index in [1.54, 1.807) is 12.1 Å². The monoisotopic (exact) mass is 398 g/mol. The summed E-state index contributed by atoms with van der Waals surface area (Å²) in [4.78, 5) is 4.73. The average Bonchev–Trinajstić information content (AvgIpc) is 3.07. The Kier molecular flexibility index (Phi) is 5.62. The van der Waals surface area contributed by atoms with Crippen LogP contribution in [0.5, 0.6) is 0 Å². The Morgan fingerprint density at radius 2 is 1.68 bits per heavy atom. The second-order valence-corrected chi connectivity index (χ2v) is 7.24. The molecular weight excluding hydrogens is 379 g/mol. The van der Waals surface area contributed by atoms with Gasteiger partial charge in [-0.15, -0.1) is 5.10 Å². The topological polar surface area (TPSA) is 35.6 Å². The minimum Gasteiger partial charge on any atom is -0.325 e. The molecule has 0 spiro atoms. The van der Waals surface area contributed by atoms with E-state index in [2.05, 4.69) is 25.3 Å². The number of benzene rings is 1. The van der Waals surface area contributed by atoms with Gasteiger partial charge in [-0.3, -0.25) is 0 Å². The van der Waals surface area contributed by atoms with E-state index >= 15 is 0 Å². The van der Waals surface area contributed by atoms with Crippen LogP contribution < -0.4 is 0 Å². The van der Waals surface area contributed by atoms with Crippen molar-refractivity contribution >= 4 is 46.0 Å². The van der Waals surface area contributed by atoms with Crippen LogP contribution in [0.2, 0.25) is 15.1 Å². The third-order valence-corrected chi connectivity index (χ3v) is 5.13. The molecule has 2 heterocycles. The lowest BCUT2D eigenvalue weighted by Crippen LogP contribution is -2.08. The van der Waals surface area contributed by atoms with Crippen LogP contribution >= 0.6 is 34.8 Å². The third-order valence-electron chi connectivity index (χ3n) is 4.33. The van der Waals surface area contributed by atoms with Crippen LogP contribution in [0.25, 0.3) is 16.9 Å². The Labute approximate surface area is 162 Å². The molecule has 7 heteroatoms. The molecule has 1 aromatic carbocycles. The molecule has 0 radical (unpaired) electrons. The van der Waals surface area contributed by atoms with Crippen LogP contribution in [0, 0.1) is 0 Å². The van der Waals surface area contributed by atoms with Gasteiger partial charge in [-0.25, -0.2) is 9.67 Å². The number of hydrogen-bond acceptors (Lipinski definition) is 2. The number of halogens is 3. The van der Waals surface area contributed by atoms with Gasteiger partial charge in [-0.2, -0.15) is 0 Å². The molecule has 3 rings (SSSR count). The van der Waals surface area contributed by atoms with Crippen LogP contribution in [0.1, 0.15) is 45.1 Å². The zero-order valence-electron chi connectivity index (χ0n) is 14.6. The number of aryl methyl sites for hydroxylation is 3. The van der Waals surface area contributed by atoms with Crippen molar-refractivity contribution in [3.05, 3.63) is 38.7 Å². The Bertz CT molecular complexity index is 888. The first kappa shape index (κ1) is 18.6. The molecule has 0 aliphatic rings. The van der Waals surface area contributed by atoms with E-state index in [1.165, 1.54) is 0 Å². The Morgan fingerprint density at radius 1 is 1.00 bits per heavy atom. The fourth-order valence-electron chi connectivity index (χ4n) is 3.16. The fraction of sp³-hybridized carbons (Fsp3) is 0.444. The molecular formula is C18H21Cl3N4. The molecule has 0 fully saturated rings. The number of fused-ring (bicyclic) bond motifs is 1. The molecule has 4 nitrogen and oxygen atoms in total. The first-order valence-corrected chi connectivity index (χ1v) is 9.77. The fourth-order valence-corrected chi connectivity index (χ4v) is 4.14. The second-order valence-electron chi connectivity index (χ2n) is 5.99. The Balaban J connectivity index is 2.26. The highest BCUT2D eigenvalue weighted by Crippen LogP contribution is 2.34. The van der Waals surface area contributed by atoms with Crippen LogP contribution in [0.3, 0.4) is 0 Å². The van der Waals surface area contributed by atoms with Crippen LogP contribution in [-0.4, -0.2) is 19.3 Å². The third kappa shape index (κ3) is 3.27. The van der Waals surface area contributed by atoms with E-state index in [-0.39, 0.29) is 0 Å². The Morgan fingerprint density at radius 3 is 2.24 bits per heavy atom. The van der Waals surface area contributed by atoms with Crippen molar-refractivity contribution in [3.8, 4) is 5.69 Å². The van der Waals surface area contributed by atoms with E-state index in [0.717, 1.165) is 54.9 Å². The molecule has 0 saturated heterocycles. The number of hydrogen-bond donors (Lipinski definition) is 0. The Hall–Kier alpha value is -1.23. The van der Waals surface area contributed by atoms with Crippen molar-refractivity contribution in [1.82, 2.24) is 19.3 Å². The molecule has 2 aromatic heterocycles. The zero-order chi connectivity index (χ0) is 18.1. The van der Waals surface area contributed by atoms with Crippen molar-refractivity contribution in [1.29, 1.82) is 0 Å². The van der Waals surface area contributed by atoms with E-state index < -0.39 is 0 Å². The minimum atomic E-state index is 0.480. The predicted octanol–water partition coefficient (Wildman–Crippen LogP) is 6.11. The van der Waals surface area contributed by atoms with Gasteiger partial charge in [0.05, 0.1) is 15.7 Å². The summed E-state index contributed by atoms with van der Waals surface area (Å²) in [6.45, 7) is 7.36. The van der Waals surface area contributed by atoms with Crippen molar-refractivity contribution in [2.45, 2.75) is 53.0 Å². The van der Waals surface area contributed by atoms with Crippen molar-refractivity contribution in [3.63, 3.8) is 0 Å². The van der Waals surface area contributed by atoms with Gasteiger partial charge in [0.2, 0.25) is 0 Å². The van der Waals surface area contributed by atoms with Crippen LogP contribution in [0.4, 0.5) is 0 Å². The molecule has 0 atom stereocenters. The predicted molar refractivity (Wildman–Crippen MR) is 106 cm³/mol. The highest BCUT2D eigenvalue weighted by atomic mass is 35.5. The SMILES string of the molecule is CCCCn1c(CC)nc2nn(-c3c(Cl)cc(Cl)cc3Cl)c(CC)c21. The van der Waals surface area contributed by atoms with Gasteiger partial charge in [0.25, 0.3) is 0 Å². The van der Waals surface area contributed by atoms with Crippen molar-refractivity contribution in [2.75, 3.05) is 0 Å². The summed E-state index contributed by atoms with van der Waals surface area (Å²) in [5, 5.41) is 6.18. The highest BCUT2D eigenvalue weighted by Gasteiger charge is 2.22. The summed E-state index contributed by atoms with van der Waals surface area (Å²) < 4.78 is 4.11. The number of nitrogens with zero attached hydrogens (tertiary/aromatic N) is 4. The maximum atomic E-state index is 6.42. The van der Waals surface area contributed by atoms with E-state index in [4.69, 9.17) is 44.9 Å².